The Morgan fingerprint density at radius 3 is 2.56 bits per heavy atom. The van der Waals surface area contributed by atoms with E-state index in [1.54, 1.807) is 0 Å². The van der Waals surface area contributed by atoms with Crippen LogP contribution in [0.1, 0.15) is 21.3 Å². The topological polar surface area (TPSA) is 69.5 Å². The van der Waals surface area contributed by atoms with Crippen molar-refractivity contribution in [3.63, 3.8) is 0 Å². The standard InChI is InChI=1S/C23H26F2N6O.2H2/c1-15-6-18(27-23-26-14-31(28-23)21-9-16(24)8-17(25)10-21)11-20(7-15)29-4-2-19(12-29)30-5-3-22(32)13-30;;/h6-11,14,19,22,32H,2-5,12-13H2,1H3,(H,27,28);2*1H. The summed E-state index contributed by atoms with van der Waals surface area (Å²) in [6.45, 7) is 5.68. The van der Waals surface area contributed by atoms with Gasteiger partial charge in [-0.05, 0) is 55.7 Å². The number of aryl methyl sites for hydroxylation is 1. The summed E-state index contributed by atoms with van der Waals surface area (Å²) in [7, 11) is 0. The smallest absolute Gasteiger partial charge is 0.246 e. The highest BCUT2D eigenvalue weighted by molar-refractivity contribution is 5.64. The third-order valence-electron chi connectivity index (χ3n) is 6.16. The number of likely N-dealkylation sites (tertiary alicyclic amines) is 1. The first-order chi connectivity index (χ1) is 15.4. The zero-order chi connectivity index (χ0) is 22.2. The average Bonchev–Trinajstić information content (AvgIpc) is 3.47. The lowest BCUT2D eigenvalue weighted by atomic mass is 10.2. The molecule has 2 saturated heterocycles. The minimum Gasteiger partial charge on any atom is -0.392 e. The van der Waals surface area contributed by atoms with Gasteiger partial charge in [0, 0.05) is 52.5 Å². The van der Waals surface area contributed by atoms with E-state index in [2.05, 4.69) is 37.3 Å². The van der Waals surface area contributed by atoms with Crippen LogP contribution in [0.15, 0.2) is 42.7 Å². The summed E-state index contributed by atoms with van der Waals surface area (Å²) >= 11 is 0. The fraction of sp³-hybridized carbons (Fsp3) is 0.391. The molecule has 2 aliphatic heterocycles. The molecule has 0 saturated carbocycles. The van der Waals surface area contributed by atoms with E-state index < -0.39 is 11.6 Å². The highest BCUT2D eigenvalue weighted by Crippen LogP contribution is 2.29. The Morgan fingerprint density at radius 2 is 1.81 bits per heavy atom. The summed E-state index contributed by atoms with van der Waals surface area (Å²) in [6.07, 6.45) is 3.16. The number of benzene rings is 2. The normalized spacial score (nSPS) is 21.4. The van der Waals surface area contributed by atoms with Crippen LogP contribution in [0.25, 0.3) is 5.69 Å². The summed E-state index contributed by atoms with van der Waals surface area (Å²) in [5.41, 5.74) is 3.35. The van der Waals surface area contributed by atoms with Crippen molar-refractivity contribution in [3.8, 4) is 5.69 Å². The molecule has 5 rings (SSSR count). The maximum atomic E-state index is 13.5. The Bertz CT molecular complexity index is 1110. The van der Waals surface area contributed by atoms with Crippen LogP contribution in [0.2, 0.25) is 0 Å². The molecule has 3 aromatic rings. The van der Waals surface area contributed by atoms with E-state index in [0.717, 1.165) is 62.0 Å². The molecule has 0 spiro atoms. The lowest BCUT2D eigenvalue weighted by Crippen LogP contribution is -2.36. The molecule has 0 radical (unpaired) electrons. The van der Waals surface area contributed by atoms with Crippen LogP contribution in [-0.4, -0.2) is 63.1 Å². The van der Waals surface area contributed by atoms with E-state index in [9.17, 15) is 13.9 Å². The quantitative estimate of drug-likeness (QED) is 0.625. The molecule has 2 aromatic carbocycles. The third kappa shape index (κ3) is 4.44. The van der Waals surface area contributed by atoms with Gasteiger partial charge in [-0.15, -0.1) is 5.10 Å². The molecule has 0 amide bonds. The highest BCUT2D eigenvalue weighted by Gasteiger charge is 2.32. The van der Waals surface area contributed by atoms with Crippen molar-refractivity contribution < 1.29 is 16.7 Å². The van der Waals surface area contributed by atoms with Gasteiger partial charge in [0.2, 0.25) is 5.95 Å². The summed E-state index contributed by atoms with van der Waals surface area (Å²) in [5, 5.41) is 17.3. The minimum absolute atomic E-state index is 0. The van der Waals surface area contributed by atoms with Crippen molar-refractivity contribution in [1.29, 1.82) is 0 Å². The van der Waals surface area contributed by atoms with Gasteiger partial charge in [0.15, 0.2) is 0 Å². The van der Waals surface area contributed by atoms with Gasteiger partial charge in [-0.1, -0.05) is 0 Å². The van der Waals surface area contributed by atoms with Gasteiger partial charge in [0.1, 0.15) is 18.0 Å². The largest absolute Gasteiger partial charge is 0.392 e. The first kappa shape index (κ1) is 20.8. The lowest BCUT2D eigenvalue weighted by molar-refractivity contribution is 0.163. The second-order valence-corrected chi connectivity index (χ2v) is 8.65. The van der Waals surface area contributed by atoms with E-state index in [0.29, 0.717) is 12.0 Å². The second kappa shape index (κ2) is 8.48. The Morgan fingerprint density at radius 1 is 1.00 bits per heavy atom. The average molecular weight is 445 g/mol. The predicted molar refractivity (Wildman–Crippen MR) is 123 cm³/mol. The first-order valence-corrected chi connectivity index (χ1v) is 10.9. The van der Waals surface area contributed by atoms with E-state index in [1.807, 2.05) is 13.0 Å². The summed E-state index contributed by atoms with van der Waals surface area (Å²) in [6, 6.07) is 9.93. The van der Waals surface area contributed by atoms with Crippen LogP contribution in [0.3, 0.4) is 0 Å². The molecular formula is C23H30F2N6O. The van der Waals surface area contributed by atoms with E-state index >= 15 is 0 Å². The van der Waals surface area contributed by atoms with Crippen molar-refractivity contribution in [2.24, 2.45) is 0 Å². The van der Waals surface area contributed by atoms with Crippen molar-refractivity contribution in [2.75, 3.05) is 36.4 Å². The zero-order valence-corrected chi connectivity index (χ0v) is 17.9. The van der Waals surface area contributed by atoms with Crippen molar-refractivity contribution in [3.05, 3.63) is 59.9 Å². The van der Waals surface area contributed by atoms with E-state index in [-0.39, 0.29) is 14.6 Å². The highest BCUT2D eigenvalue weighted by atomic mass is 19.1. The number of hydrogen-bond acceptors (Lipinski definition) is 6. The molecule has 3 heterocycles. The molecule has 2 atom stereocenters. The molecule has 1 aromatic heterocycles. The van der Waals surface area contributed by atoms with E-state index in [1.165, 1.54) is 23.1 Å². The van der Waals surface area contributed by atoms with Crippen molar-refractivity contribution in [2.45, 2.75) is 31.9 Å². The number of nitrogens with one attached hydrogen (secondary N) is 1. The molecule has 7 nitrogen and oxygen atoms in total. The van der Waals surface area contributed by atoms with Gasteiger partial charge in [0.25, 0.3) is 0 Å². The molecule has 2 N–H and O–H groups in total. The van der Waals surface area contributed by atoms with Crippen LogP contribution >= 0.6 is 0 Å². The third-order valence-corrected chi connectivity index (χ3v) is 6.16. The number of aliphatic hydroxyl groups is 1. The summed E-state index contributed by atoms with van der Waals surface area (Å²) in [4.78, 5) is 8.99. The van der Waals surface area contributed by atoms with E-state index in [4.69, 9.17) is 0 Å². The number of halogens is 2. The van der Waals surface area contributed by atoms with Gasteiger partial charge < -0.3 is 15.3 Å². The van der Waals surface area contributed by atoms with Crippen LogP contribution in [-0.2, 0) is 0 Å². The monoisotopic (exact) mass is 444 g/mol. The number of hydrogen-bond donors (Lipinski definition) is 2. The Hall–Kier alpha value is -3.04. The zero-order valence-electron chi connectivity index (χ0n) is 17.9. The Balaban J connectivity index is 0.00000162. The fourth-order valence-corrected chi connectivity index (χ4v) is 4.64. The van der Waals surface area contributed by atoms with Crippen LogP contribution < -0.4 is 10.2 Å². The molecule has 2 aliphatic rings. The number of rotatable bonds is 5. The lowest BCUT2D eigenvalue weighted by Gasteiger charge is -2.25. The number of anilines is 3. The van der Waals surface area contributed by atoms with Gasteiger partial charge in [-0.3, -0.25) is 4.90 Å². The molecule has 0 aliphatic carbocycles. The SMILES string of the molecule is Cc1cc(Nc2ncn(-c3cc(F)cc(F)c3)n2)cc(N2CCC(N3CCC(O)C3)C2)c1.[HH].[HH]. The van der Waals surface area contributed by atoms with Crippen molar-refractivity contribution in [1.82, 2.24) is 19.7 Å². The number of aromatic nitrogens is 3. The number of nitrogens with zero attached hydrogens (tertiary/aromatic N) is 5. The predicted octanol–water partition coefficient (Wildman–Crippen LogP) is 3.73. The molecule has 2 fully saturated rings. The van der Waals surface area contributed by atoms with Crippen LogP contribution in [0, 0.1) is 18.6 Å². The summed E-state index contributed by atoms with van der Waals surface area (Å²) < 4.78 is 28.4. The Kier molecular flexibility index (Phi) is 5.52. The molecule has 172 valence electrons. The molecule has 32 heavy (non-hydrogen) atoms. The van der Waals surface area contributed by atoms with Gasteiger partial charge in [-0.2, -0.15) is 4.98 Å². The second-order valence-electron chi connectivity index (χ2n) is 8.65. The van der Waals surface area contributed by atoms with Gasteiger partial charge in [-0.25, -0.2) is 13.5 Å². The maximum absolute atomic E-state index is 13.5. The van der Waals surface area contributed by atoms with Crippen molar-refractivity contribution >= 4 is 17.3 Å². The molecule has 2 unspecified atom stereocenters. The summed E-state index contributed by atoms with van der Waals surface area (Å²) in [5.74, 6) is -0.988. The van der Waals surface area contributed by atoms with Crippen LogP contribution in [0.4, 0.5) is 26.1 Å². The molecule has 0 bridgehead atoms. The molecular weight excluding hydrogens is 414 g/mol. The van der Waals surface area contributed by atoms with Gasteiger partial charge in [0.05, 0.1) is 11.8 Å². The van der Waals surface area contributed by atoms with Gasteiger partial charge >= 0.3 is 0 Å². The Labute approximate surface area is 188 Å². The number of aliphatic hydroxyl groups excluding tert-OH is 1. The minimum atomic E-state index is -0.666. The first-order valence-electron chi connectivity index (χ1n) is 10.9. The maximum Gasteiger partial charge on any atom is 0.246 e. The van der Waals surface area contributed by atoms with Crippen LogP contribution in [0.5, 0.6) is 0 Å². The molecule has 9 heteroatoms. The fourth-order valence-electron chi connectivity index (χ4n) is 4.64. The number of β-amino-alcohol motifs (C(OH)–C–C–N with tert-alkyl or cyclic N) is 1.